The lowest BCUT2D eigenvalue weighted by atomic mass is 9.88. The average Bonchev–Trinajstić information content (AvgIpc) is 2.34. The van der Waals surface area contributed by atoms with Crippen LogP contribution < -0.4 is 9.64 Å². The highest BCUT2D eigenvalue weighted by Gasteiger charge is 2.30. The van der Waals surface area contributed by atoms with Crippen molar-refractivity contribution in [3.8, 4) is 5.75 Å². The van der Waals surface area contributed by atoms with Crippen molar-refractivity contribution < 1.29 is 14.6 Å². The summed E-state index contributed by atoms with van der Waals surface area (Å²) in [5, 5.41) is 9.24. The molecule has 0 aromatic heterocycles. The van der Waals surface area contributed by atoms with Gasteiger partial charge in [0.2, 0.25) is 0 Å². The van der Waals surface area contributed by atoms with Crippen LogP contribution in [0.25, 0.3) is 5.57 Å². The molecule has 4 heteroatoms. The Kier molecular flexibility index (Phi) is 3.04. The van der Waals surface area contributed by atoms with Crippen LogP contribution in [0.4, 0.5) is 5.69 Å². The third-order valence-electron chi connectivity index (χ3n) is 3.77. The monoisotopic (exact) mass is 261 g/mol. The molecule has 4 nitrogen and oxygen atoms in total. The standard InChI is InChI=1S/C15H19NO3/c1-9-8-15(2,3)16(4)12-7-13(19-5)11(14(17)18)6-10(9)12/h6-8H,1-5H3,(H,17,18). The summed E-state index contributed by atoms with van der Waals surface area (Å²) in [6.45, 7) is 6.25. The number of fused-ring (bicyclic) bond motifs is 1. The maximum absolute atomic E-state index is 11.3. The number of methoxy groups -OCH3 is 1. The molecule has 0 saturated carbocycles. The van der Waals surface area contributed by atoms with Crippen LogP contribution >= 0.6 is 0 Å². The number of likely N-dealkylation sites (N-methyl/N-ethyl adjacent to an activating group) is 1. The molecule has 0 atom stereocenters. The Bertz CT molecular complexity index is 573. The van der Waals surface area contributed by atoms with Crippen molar-refractivity contribution in [1.29, 1.82) is 0 Å². The fourth-order valence-electron chi connectivity index (χ4n) is 2.51. The maximum Gasteiger partial charge on any atom is 0.339 e. The number of rotatable bonds is 2. The molecular weight excluding hydrogens is 242 g/mol. The number of allylic oxidation sites excluding steroid dienone is 1. The Balaban J connectivity index is 2.71. The number of anilines is 1. The van der Waals surface area contributed by atoms with Gasteiger partial charge in [0.15, 0.2) is 0 Å². The first-order valence-electron chi connectivity index (χ1n) is 6.17. The summed E-state index contributed by atoms with van der Waals surface area (Å²) in [4.78, 5) is 13.4. The molecule has 0 amide bonds. The van der Waals surface area contributed by atoms with Crippen molar-refractivity contribution in [2.24, 2.45) is 0 Å². The van der Waals surface area contributed by atoms with E-state index in [0.29, 0.717) is 5.75 Å². The van der Waals surface area contributed by atoms with Crippen LogP contribution in [0.2, 0.25) is 0 Å². The minimum Gasteiger partial charge on any atom is -0.496 e. The first-order chi connectivity index (χ1) is 8.77. The summed E-state index contributed by atoms with van der Waals surface area (Å²) in [5.41, 5.74) is 3.12. The van der Waals surface area contributed by atoms with Gasteiger partial charge < -0.3 is 14.7 Å². The van der Waals surface area contributed by atoms with Gasteiger partial charge in [-0.2, -0.15) is 0 Å². The number of carbonyl (C=O) groups is 1. The Hall–Kier alpha value is -1.97. The van der Waals surface area contributed by atoms with E-state index in [1.807, 2.05) is 14.0 Å². The third kappa shape index (κ3) is 2.07. The summed E-state index contributed by atoms with van der Waals surface area (Å²) in [7, 11) is 3.49. The predicted molar refractivity (Wildman–Crippen MR) is 76.1 cm³/mol. The van der Waals surface area contributed by atoms with Gasteiger partial charge in [0, 0.05) is 24.4 Å². The molecule has 0 unspecified atom stereocenters. The average molecular weight is 261 g/mol. The predicted octanol–water partition coefficient (Wildman–Crippen LogP) is 3.03. The molecule has 1 heterocycles. The maximum atomic E-state index is 11.3. The highest BCUT2D eigenvalue weighted by atomic mass is 16.5. The fraction of sp³-hybridized carbons (Fsp3) is 0.400. The lowest BCUT2D eigenvalue weighted by molar-refractivity contribution is 0.0693. The van der Waals surface area contributed by atoms with Crippen LogP contribution in [0.3, 0.4) is 0 Å². The molecule has 0 bridgehead atoms. The Morgan fingerprint density at radius 3 is 2.53 bits per heavy atom. The van der Waals surface area contributed by atoms with Crippen molar-refractivity contribution in [3.63, 3.8) is 0 Å². The highest BCUT2D eigenvalue weighted by Crippen LogP contribution is 2.41. The van der Waals surface area contributed by atoms with Crippen LogP contribution in [0, 0.1) is 0 Å². The van der Waals surface area contributed by atoms with E-state index in [1.54, 1.807) is 12.1 Å². The van der Waals surface area contributed by atoms with Crippen LogP contribution in [-0.4, -0.2) is 30.8 Å². The van der Waals surface area contributed by atoms with Crippen molar-refractivity contribution in [2.45, 2.75) is 26.3 Å². The van der Waals surface area contributed by atoms with Gasteiger partial charge in [-0.1, -0.05) is 6.08 Å². The zero-order valence-corrected chi connectivity index (χ0v) is 11.9. The number of nitrogens with zero attached hydrogens (tertiary/aromatic N) is 1. The second-order valence-electron chi connectivity index (χ2n) is 5.41. The molecule has 19 heavy (non-hydrogen) atoms. The smallest absolute Gasteiger partial charge is 0.339 e. The van der Waals surface area contributed by atoms with Crippen molar-refractivity contribution in [2.75, 3.05) is 19.1 Å². The molecule has 1 aliphatic heterocycles. The van der Waals surface area contributed by atoms with Gasteiger partial charge in [0.1, 0.15) is 11.3 Å². The normalized spacial score (nSPS) is 16.7. The van der Waals surface area contributed by atoms with E-state index < -0.39 is 5.97 Å². The lowest BCUT2D eigenvalue weighted by Gasteiger charge is -2.40. The number of aromatic carboxylic acids is 1. The third-order valence-corrected chi connectivity index (χ3v) is 3.77. The van der Waals surface area contributed by atoms with Crippen molar-refractivity contribution in [1.82, 2.24) is 0 Å². The van der Waals surface area contributed by atoms with E-state index in [1.165, 1.54) is 7.11 Å². The largest absolute Gasteiger partial charge is 0.496 e. The van der Waals surface area contributed by atoms with E-state index in [9.17, 15) is 9.90 Å². The van der Waals surface area contributed by atoms with Gasteiger partial charge in [-0.3, -0.25) is 0 Å². The second-order valence-corrected chi connectivity index (χ2v) is 5.41. The zero-order chi connectivity index (χ0) is 14.4. The molecule has 102 valence electrons. The number of benzene rings is 1. The molecule has 0 aliphatic carbocycles. The Labute approximate surface area is 113 Å². The number of ether oxygens (including phenoxy) is 1. The van der Waals surface area contributed by atoms with E-state index >= 15 is 0 Å². The Morgan fingerprint density at radius 2 is 2.00 bits per heavy atom. The van der Waals surface area contributed by atoms with Crippen LogP contribution in [0.5, 0.6) is 5.75 Å². The van der Waals surface area contributed by atoms with Gasteiger partial charge >= 0.3 is 5.97 Å². The van der Waals surface area contributed by atoms with Crippen molar-refractivity contribution in [3.05, 3.63) is 29.3 Å². The zero-order valence-electron chi connectivity index (χ0n) is 11.9. The topological polar surface area (TPSA) is 49.8 Å². The van der Waals surface area contributed by atoms with Gasteiger partial charge in [0.05, 0.1) is 12.6 Å². The Morgan fingerprint density at radius 1 is 1.37 bits per heavy atom. The summed E-state index contributed by atoms with van der Waals surface area (Å²) >= 11 is 0. The lowest BCUT2D eigenvalue weighted by Crippen LogP contribution is -2.42. The van der Waals surface area contributed by atoms with Crippen molar-refractivity contribution >= 4 is 17.2 Å². The number of carboxylic acids is 1. The highest BCUT2D eigenvalue weighted by molar-refractivity contribution is 5.95. The van der Waals surface area contributed by atoms with Crippen LogP contribution in [0.1, 0.15) is 36.7 Å². The molecular formula is C15H19NO3. The van der Waals surface area contributed by atoms with Gasteiger partial charge in [-0.25, -0.2) is 4.79 Å². The number of hydrogen-bond acceptors (Lipinski definition) is 3. The summed E-state index contributed by atoms with van der Waals surface area (Å²) < 4.78 is 5.20. The first-order valence-corrected chi connectivity index (χ1v) is 6.17. The first kappa shape index (κ1) is 13.5. The van der Waals surface area contributed by atoms with Gasteiger partial charge in [-0.05, 0) is 32.4 Å². The fourth-order valence-corrected chi connectivity index (χ4v) is 2.51. The van der Waals surface area contributed by atoms with E-state index in [2.05, 4.69) is 24.8 Å². The van der Waals surface area contributed by atoms with Gasteiger partial charge in [-0.15, -0.1) is 0 Å². The van der Waals surface area contributed by atoms with E-state index in [4.69, 9.17) is 4.74 Å². The van der Waals surface area contributed by atoms with Gasteiger partial charge in [0.25, 0.3) is 0 Å². The number of carboxylic acid groups (broad SMARTS) is 1. The SMILES string of the molecule is COc1cc2c(cc1C(=O)O)C(C)=CC(C)(C)N2C. The van der Waals surface area contributed by atoms with Crippen LogP contribution in [-0.2, 0) is 0 Å². The summed E-state index contributed by atoms with van der Waals surface area (Å²) in [6, 6.07) is 3.49. The summed E-state index contributed by atoms with van der Waals surface area (Å²) in [5.74, 6) is -0.580. The molecule has 0 radical (unpaired) electrons. The molecule has 2 rings (SSSR count). The molecule has 0 fully saturated rings. The quantitative estimate of drug-likeness (QED) is 0.889. The second kappa shape index (κ2) is 4.30. The molecule has 1 N–H and O–H groups in total. The van der Waals surface area contributed by atoms with E-state index in [0.717, 1.165) is 16.8 Å². The molecule has 0 spiro atoms. The van der Waals surface area contributed by atoms with E-state index in [-0.39, 0.29) is 11.1 Å². The molecule has 1 aromatic carbocycles. The molecule has 0 saturated heterocycles. The number of hydrogen-bond donors (Lipinski definition) is 1. The minimum absolute atomic E-state index is 0.104. The minimum atomic E-state index is -0.972. The molecule has 1 aliphatic rings. The van der Waals surface area contributed by atoms with Crippen LogP contribution in [0.15, 0.2) is 18.2 Å². The molecule has 1 aromatic rings. The summed E-state index contributed by atoms with van der Waals surface area (Å²) in [6.07, 6.45) is 2.15.